The van der Waals surface area contributed by atoms with Gasteiger partial charge in [-0.05, 0) is 24.3 Å². The number of ether oxygens (including phenoxy) is 3. The van der Waals surface area contributed by atoms with Gasteiger partial charge in [0.2, 0.25) is 0 Å². The molecule has 2 rings (SSSR count). The van der Waals surface area contributed by atoms with E-state index in [2.05, 4.69) is 11.8 Å². The SMILES string of the molecule is CC(=O)OC[C@H]1O[C@H](C#Cc2ccccc2)C=C[C@@H]1OC(C)=O. The van der Waals surface area contributed by atoms with Crippen molar-refractivity contribution in [2.45, 2.75) is 32.2 Å². The summed E-state index contributed by atoms with van der Waals surface area (Å²) in [7, 11) is 0. The summed E-state index contributed by atoms with van der Waals surface area (Å²) in [5, 5.41) is 0. The summed E-state index contributed by atoms with van der Waals surface area (Å²) in [6, 6.07) is 9.53. The topological polar surface area (TPSA) is 61.8 Å². The van der Waals surface area contributed by atoms with Crippen LogP contribution in [0.3, 0.4) is 0 Å². The standard InChI is InChI=1S/C18H18O5/c1-13(19)21-12-18-17(22-14(2)20)11-10-16(23-18)9-8-15-6-4-3-5-7-15/h3-7,10-11,16-18H,12H2,1-2H3/t16-,17+,18-/m1/s1. The smallest absolute Gasteiger partial charge is 0.303 e. The van der Waals surface area contributed by atoms with Crippen molar-refractivity contribution >= 4 is 11.9 Å². The van der Waals surface area contributed by atoms with Crippen LogP contribution >= 0.6 is 0 Å². The molecule has 120 valence electrons. The quantitative estimate of drug-likeness (QED) is 0.484. The Morgan fingerprint density at radius 2 is 1.87 bits per heavy atom. The molecule has 1 aromatic rings. The van der Waals surface area contributed by atoms with Gasteiger partial charge in [0.05, 0.1) is 0 Å². The van der Waals surface area contributed by atoms with E-state index >= 15 is 0 Å². The lowest BCUT2D eigenvalue weighted by atomic mass is 10.1. The molecule has 0 aliphatic carbocycles. The second kappa shape index (κ2) is 8.16. The Kier molecular flexibility index (Phi) is 5.95. The molecular weight excluding hydrogens is 296 g/mol. The third-order valence-electron chi connectivity index (χ3n) is 3.05. The largest absolute Gasteiger partial charge is 0.463 e. The maximum Gasteiger partial charge on any atom is 0.303 e. The van der Waals surface area contributed by atoms with E-state index in [9.17, 15) is 9.59 Å². The van der Waals surface area contributed by atoms with Crippen molar-refractivity contribution in [2.75, 3.05) is 6.61 Å². The molecule has 1 aliphatic heterocycles. The molecule has 1 heterocycles. The van der Waals surface area contributed by atoms with Gasteiger partial charge in [-0.15, -0.1) is 0 Å². The van der Waals surface area contributed by atoms with E-state index in [1.165, 1.54) is 13.8 Å². The molecule has 0 radical (unpaired) electrons. The van der Waals surface area contributed by atoms with Crippen LogP contribution in [0.15, 0.2) is 42.5 Å². The number of rotatable bonds is 3. The van der Waals surface area contributed by atoms with Gasteiger partial charge in [-0.3, -0.25) is 9.59 Å². The Hall–Kier alpha value is -2.58. The number of esters is 2. The number of hydrogen-bond donors (Lipinski definition) is 0. The molecule has 0 saturated heterocycles. The minimum Gasteiger partial charge on any atom is -0.463 e. The lowest BCUT2D eigenvalue weighted by molar-refractivity contribution is -0.161. The molecule has 23 heavy (non-hydrogen) atoms. The van der Waals surface area contributed by atoms with E-state index in [1.54, 1.807) is 12.2 Å². The average molecular weight is 314 g/mol. The van der Waals surface area contributed by atoms with Crippen LogP contribution in [0, 0.1) is 11.8 Å². The summed E-state index contributed by atoms with van der Waals surface area (Å²) < 4.78 is 15.9. The van der Waals surface area contributed by atoms with E-state index in [-0.39, 0.29) is 6.61 Å². The predicted octanol–water partition coefficient (Wildman–Crippen LogP) is 1.86. The summed E-state index contributed by atoms with van der Waals surface area (Å²) in [4.78, 5) is 22.1. The number of carbonyl (C=O) groups is 2. The summed E-state index contributed by atoms with van der Waals surface area (Å²) in [5.74, 6) is 5.16. The first-order valence-electron chi connectivity index (χ1n) is 7.25. The minimum absolute atomic E-state index is 0.00113. The lowest BCUT2D eigenvalue weighted by Gasteiger charge is -2.29. The van der Waals surface area contributed by atoms with Crippen molar-refractivity contribution in [1.82, 2.24) is 0 Å². The zero-order valence-corrected chi connectivity index (χ0v) is 13.0. The minimum atomic E-state index is -0.596. The van der Waals surface area contributed by atoms with Crippen LogP contribution in [-0.4, -0.2) is 36.9 Å². The third kappa shape index (κ3) is 5.61. The molecule has 0 amide bonds. The van der Waals surface area contributed by atoms with Crippen LogP contribution in [-0.2, 0) is 23.8 Å². The van der Waals surface area contributed by atoms with Gasteiger partial charge in [-0.1, -0.05) is 30.0 Å². The van der Waals surface area contributed by atoms with Crippen molar-refractivity contribution in [1.29, 1.82) is 0 Å². The maximum absolute atomic E-state index is 11.1. The molecule has 0 aromatic heterocycles. The zero-order valence-electron chi connectivity index (χ0n) is 13.0. The van der Waals surface area contributed by atoms with Gasteiger partial charge in [-0.2, -0.15) is 0 Å². The Labute approximate surface area is 135 Å². The van der Waals surface area contributed by atoms with Crippen LogP contribution < -0.4 is 0 Å². The Morgan fingerprint density at radius 1 is 1.13 bits per heavy atom. The molecule has 0 unspecified atom stereocenters. The van der Waals surface area contributed by atoms with Gasteiger partial charge < -0.3 is 14.2 Å². The first-order valence-corrected chi connectivity index (χ1v) is 7.25. The monoisotopic (exact) mass is 314 g/mol. The Balaban J connectivity index is 2.07. The average Bonchev–Trinajstić information content (AvgIpc) is 2.53. The first kappa shape index (κ1) is 16.8. The van der Waals surface area contributed by atoms with Gasteiger partial charge in [0, 0.05) is 19.4 Å². The number of carbonyl (C=O) groups excluding carboxylic acids is 2. The molecule has 1 aromatic carbocycles. The third-order valence-corrected chi connectivity index (χ3v) is 3.05. The van der Waals surface area contributed by atoms with E-state index < -0.39 is 30.3 Å². The predicted molar refractivity (Wildman–Crippen MR) is 83.3 cm³/mol. The summed E-state index contributed by atoms with van der Waals surface area (Å²) in [5.41, 5.74) is 0.878. The summed E-state index contributed by atoms with van der Waals surface area (Å²) in [6.07, 6.45) is 1.81. The molecule has 0 bridgehead atoms. The molecule has 0 N–H and O–H groups in total. The molecule has 0 spiro atoms. The Bertz CT molecular complexity index is 638. The van der Waals surface area contributed by atoms with Crippen LogP contribution in [0.2, 0.25) is 0 Å². The first-order chi connectivity index (χ1) is 11.0. The fourth-order valence-electron chi connectivity index (χ4n) is 2.04. The van der Waals surface area contributed by atoms with E-state index in [4.69, 9.17) is 14.2 Å². The summed E-state index contributed by atoms with van der Waals surface area (Å²) >= 11 is 0. The highest BCUT2D eigenvalue weighted by Gasteiger charge is 2.29. The van der Waals surface area contributed by atoms with Crippen LogP contribution in [0.4, 0.5) is 0 Å². The van der Waals surface area contributed by atoms with Gasteiger partial charge in [0.15, 0.2) is 0 Å². The molecule has 5 heteroatoms. The van der Waals surface area contributed by atoms with E-state index in [1.807, 2.05) is 30.3 Å². The highest BCUT2D eigenvalue weighted by Crippen LogP contribution is 2.17. The van der Waals surface area contributed by atoms with Crippen molar-refractivity contribution in [2.24, 2.45) is 0 Å². The molecule has 0 fully saturated rings. The fourth-order valence-corrected chi connectivity index (χ4v) is 2.04. The second-order valence-corrected chi connectivity index (χ2v) is 4.99. The van der Waals surface area contributed by atoms with Gasteiger partial charge >= 0.3 is 11.9 Å². The highest BCUT2D eigenvalue weighted by atomic mass is 16.6. The van der Waals surface area contributed by atoms with Crippen LogP contribution in [0.5, 0.6) is 0 Å². The van der Waals surface area contributed by atoms with Crippen molar-refractivity contribution < 1.29 is 23.8 Å². The maximum atomic E-state index is 11.1. The van der Waals surface area contributed by atoms with Crippen molar-refractivity contribution in [3.05, 3.63) is 48.0 Å². The van der Waals surface area contributed by atoms with Crippen LogP contribution in [0.25, 0.3) is 0 Å². The molecule has 0 saturated carbocycles. The van der Waals surface area contributed by atoms with Crippen molar-refractivity contribution in [3.63, 3.8) is 0 Å². The van der Waals surface area contributed by atoms with Gasteiger partial charge in [0.25, 0.3) is 0 Å². The van der Waals surface area contributed by atoms with Crippen molar-refractivity contribution in [3.8, 4) is 11.8 Å². The normalized spacial score (nSPS) is 22.6. The summed E-state index contributed by atoms with van der Waals surface area (Å²) in [6.45, 7) is 2.63. The van der Waals surface area contributed by atoms with E-state index in [0.717, 1.165) is 5.56 Å². The van der Waals surface area contributed by atoms with E-state index in [0.29, 0.717) is 0 Å². The second-order valence-electron chi connectivity index (χ2n) is 4.99. The zero-order chi connectivity index (χ0) is 16.7. The highest BCUT2D eigenvalue weighted by molar-refractivity contribution is 5.67. The van der Waals surface area contributed by atoms with Gasteiger partial charge in [-0.25, -0.2) is 0 Å². The van der Waals surface area contributed by atoms with Gasteiger partial charge in [0.1, 0.15) is 24.9 Å². The number of hydrogen-bond acceptors (Lipinski definition) is 5. The molecule has 3 atom stereocenters. The van der Waals surface area contributed by atoms with Crippen LogP contribution in [0.1, 0.15) is 19.4 Å². The Morgan fingerprint density at radius 3 is 2.52 bits per heavy atom. The lowest BCUT2D eigenvalue weighted by Crippen LogP contribution is -2.41. The molecule has 5 nitrogen and oxygen atoms in total. The molecule has 1 aliphatic rings. The molecular formula is C18H18O5. The fraction of sp³-hybridized carbons (Fsp3) is 0.333. The number of benzene rings is 1.